The van der Waals surface area contributed by atoms with Crippen LogP contribution >= 0.6 is 0 Å². The second kappa shape index (κ2) is 9.22. The average Bonchev–Trinajstić information content (AvgIpc) is 2.42. The van der Waals surface area contributed by atoms with Gasteiger partial charge >= 0.3 is 0 Å². The van der Waals surface area contributed by atoms with E-state index in [0.29, 0.717) is 6.04 Å². The molecule has 1 aliphatic rings. The summed E-state index contributed by atoms with van der Waals surface area (Å²) in [5.74, 6) is 2.72. The molecule has 2 N–H and O–H groups in total. The van der Waals surface area contributed by atoms with Gasteiger partial charge < -0.3 is 15.5 Å². The van der Waals surface area contributed by atoms with Crippen molar-refractivity contribution in [2.24, 2.45) is 16.8 Å². The molecule has 0 heterocycles. The zero-order valence-corrected chi connectivity index (χ0v) is 14.1. The summed E-state index contributed by atoms with van der Waals surface area (Å²) in [6.07, 6.45) is 6.41. The molecule has 0 radical (unpaired) electrons. The Bertz CT molecular complexity index is 278. The number of hydrogen-bond donors (Lipinski definition) is 2. The molecule has 118 valence electrons. The zero-order chi connectivity index (χ0) is 15.0. The highest BCUT2D eigenvalue weighted by Gasteiger charge is 2.23. The summed E-state index contributed by atoms with van der Waals surface area (Å²) in [4.78, 5) is 6.55. The highest BCUT2D eigenvalue weighted by Crippen LogP contribution is 2.29. The van der Waals surface area contributed by atoms with E-state index in [4.69, 9.17) is 0 Å². The normalized spacial score (nSPS) is 24.2. The third-order valence-electron chi connectivity index (χ3n) is 4.35. The summed E-state index contributed by atoms with van der Waals surface area (Å²) < 4.78 is 0. The van der Waals surface area contributed by atoms with Crippen molar-refractivity contribution in [1.82, 2.24) is 15.5 Å². The molecule has 0 atom stereocenters. The lowest BCUT2D eigenvalue weighted by Gasteiger charge is -2.32. The molecule has 4 nitrogen and oxygen atoms in total. The van der Waals surface area contributed by atoms with E-state index in [1.54, 1.807) is 0 Å². The number of nitrogens with zero attached hydrogens (tertiary/aromatic N) is 2. The van der Waals surface area contributed by atoms with Crippen molar-refractivity contribution in [2.45, 2.75) is 52.0 Å². The summed E-state index contributed by atoms with van der Waals surface area (Å²) in [6, 6.07) is 0.602. The molecule has 0 aromatic heterocycles. The van der Waals surface area contributed by atoms with Crippen molar-refractivity contribution >= 4 is 5.96 Å². The lowest BCUT2D eigenvalue weighted by atomic mass is 9.80. The molecule has 0 aromatic rings. The van der Waals surface area contributed by atoms with Gasteiger partial charge in [0.2, 0.25) is 0 Å². The van der Waals surface area contributed by atoms with Crippen LogP contribution in [0.5, 0.6) is 0 Å². The molecule has 1 aliphatic carbocycles. The van der Waals surface area contributed by atoms with Crippen LogP contribution in [0.25, 0.3) is 0 Å². The number of nitrogens with one attached hydrogen (secondary N) is 2. The number of guanidine groups is 1. The first-order chi connectivity index (χ1) is 9.52. The third-order valence-corrected chi connectivity index (χ3v) is 4.35. The van der Waals surface area contributed by atoms with Crippen molar-refractivity contribution in [3.05, 3.63) is 0 Å². The minimum atomic E-state index is 0.602. The number of aliphatic imine (C=N–C) groups is 1. The van der Waals surface area contributed by atoms with Crippen molar-refractivity contribution in [1.29, 1.82) is 0 Å². The maximum Gasteiger partial charge on any atom is 0.191 e. The fourth-order valence-corrected chi connectivity index (χ4v) is 2.92. The van der Waals surface area contributed by atoms with Crippen LogP contribution in [0.3, 0.4) is 0 Å². The first-order valence-corrected chi connectivity index (χ1v) is 8.14. The first-order valence-electron chi connectivity index (χ1n) is 8.14. The van der Waals surface area contributed by atoms with Crippen LogP contribution < -0.4 is 10.6 Å². The van der Waals surface area contributed by atoms with Crippen LogP contribution in [0, 0.1) is 11.8 Å². The lowest BCUT2D eigenvalue weighted by Crippen LogP contribution is -2.45. The molecule has 0 aromatic carbocycles. The van der Waals surface area contributed by atoms with E-state index in [1.807, 2.05) is 7.05 Å². The van der Waals surface area contributed by atoms with E-state index in [2.05, 4.69) is 48.5 Å². The van der Waals surface area contributed by atoms with Crippen molar-refractivity contribution < 1.29 is 0 Å². The Morgan fingerprint density at radius 1 is 1.20 bits per heavy atom. The molecule has 20 heavy (non-hydrogen) atoms. The molecule has 0 saturated heterocycles. The first kappa shape index (κ1) is 17.3. The minimum Gasteiger partial charge on any atom is -0.356 e. The second-order valence-corrected chi connectivity index (χ2v) is 6.66. The predicted octanol–water partition coefficient (Wildman–Crippen LogP) is 2.32. The van der Waals surface area contributed by atoms with Crippen LogP contribution in [-0.2, 0) is 0 Å². The van der Waals surface area contributed by atoms with Gasteiger partial charge in [0, 0.05) is 19.6 Å². The van der Waals surface area contributed by atoms with Gasteiger partial charge in [-0.1, -0.05) is 13.8 Å². The van der Waals surface area contributed by atoms with Crippen molar-refractivity contribution in [3.8, 4) is 0 Å². The third kappa shape index (κ3) is 6.60. The molecule has 0 bridgehead atoms. The van der Waals surface area contributed by atoms with Crippen LogP contribution in [-0.4, -0.2) is 51.1 Å². The quantitative estimate of drug-likeness (QED) is 0.446. The second-order valence-electron chi connectivity index (χ2n) is 6.66. The Balaban J connectivity index is 2.21. The molecule has 0 amide bonds. The van der Waals surface area contributed by atoms with Crippen LogP contribution in [0.1, 0.15) is 46.0 Å². The topological polar surface area (TPSA) is 39.7 Å². The Morgan fingerprint density at radius 2 is 1.85 bits per heavy atom. The molecular weight excluding hydrogens is 248 g/mol. The smallest absolute Gasteiger partial charge is 0.191 e. The summed E-state index contributed by atoms with van der Waals surface area (Å²) in [5.41, 5.74) is 0. The lowest BCUT2D eigenvalue weighted by molar-refractivity contribution is 0.250. The fraction of sp³-hybridized carbons (Fsp3) is 0.938. The maximum atomic E-state index is 4.33. The average molecular weight is 282 g/mol. The molecule has 1 fully saturated rings. The van der Waals surface area contributed by atoms with Gasteiger partial charge in [-0.25, -0.2) is 0 Å². The van der Waals surface area contributed by atoms with Gasteiger partial charge in [0.05, 0.1) is 0 Å². The van der Waals surface area contributed by atoms with E-state index < -0.39 is 0 Å². The van der Waals surface area contributed by atoms with Crippen molar-refractivity contribution in [3.63, 3.8) is 0 Å². The molecule has 1 saturated carbocycles. The maximum absolute atomic E-state index is 4.33. The van der Waals surface area contributed by atoms with E-state index in [9.17, 15) is 0 Å². The van der Waals surface area contributed by atoms with Crippen LogP contribution in [0.2, 0.25) is 0 Å². The van der Waals surface area contributed by atoms with Crippen molar-refractivity contribution in [2.75, 3.05) is 34.2 Å². The van der Waals surface area contributed by atoms with E-state index >= 15 is 0 Å². The minimum absolute atomic E-state index is 0.602. The monoisotopic (exact) mass is 282 g/mol. The highest BCUT2D eigenvalue weighted by atomic mass is 15.2. The highest BCUT2D eigenvalue weighted by molar-refractivity contribution is 5.79. The number of rotatable bonds is 6. The molecule has 4 heteroatoms. The molecule has 0 aliphatic heterocycles. The van der Waals surface area contributed by atoms with Gasteiger partial charge in [-0.3, -0.25) is 4.99 Å². The Hall–Kier alpha value is -0.770. The number of hydrogen-bond acceptors (Lipinski definition) is 2. The summed E-state index contributed by atoms with van der Waals surface area (Å²) in [5, 5.41) is 7.00. The summed E-state index contributed by atoms with van der Waals surface area (Å²) >= 11 is 0. The molecular formula is C16H34N4. The Labute approximate surface area is 125 Å². The molecule has 1 rings (SSSR count). The van der Waals surface area contributed by atoms with Crippen LogP contribution in [0.15, 0.2) is 4.99 Å². The largest absolute Gasteiger partial charge is 0.356 e. The fourth-order valence-electron chi connectivity index (χ4n) is 2.92. The van der Waals surface area contributed by atoms with Gasteiger partial charge in [-0.05, 0) is 64.6 Å². The van der Waals surface area contributed by atoms with E-state index in [-0.39, 0.29) is 0 Å². The summed E-state index contributed by atoms with van der Waals surface area (Å²) in [7, 11) is 6.08. The van der Waals surface area contributed by atoms with Gasteiger partial charge in [-0.15, -0.1) is 0 Å². The van der Waals surface area contributed by atoms with Gasteiger partial charge in [0.25, 0.3) is 0 Å². The van der Waals surface area contributed by atoms with E-state index in [1.165, 1.54) is 25.7 Å². The molecule has 0 unspecified atom stereocenters. The van der Waals surface area contributed by atoms with Gasteiger partial charge in [-0.2, -0.15) is 0 Å². The van der Waals surface area contributed by atoms with E-state index in [0.717, 1.165) is 37.3 Å². The summed E-state index contributed by atoms with van der Waals surface area (Å²) in [6.45, 7) is 6.80. The predicted molar refractivity (Wildman–Crippen MR) is 88.3 cm³/mol. The Kier molecular flexibility index (Phi) is 7.97. The Morgan fingerprint density at radius 3 is 2.35 bits per heavy atom. The molecule has 0 spiro atoms. The van der Waals surface area contributed by atoms with Gasteiger partial charge in [0.15, 0.2) is 5.96 Å². The standard InChI is InChI=1S/C16H34N4/c1-13(2)14-7-9-15(10-8-14)19-16(17-3)18-11-6-12-20(4)5/h13-15H,6-12H2,1-5H3,(H2,17,18,19). The zero-order valence-electron chi connectivity index (χ0n) is 14.1. The SMILES string of the molecule is CN=C(NCCCN(C)C)NC1CCC(C(C)C)CC1. The van der Waals surface area contributed by atoms with Crippen LogP contribution in [0.4, 0.5) is 0 Å². The van der Waals surface area contributed by atoms with Gasteiger partial charge in [0.1, 0.15) is 0 Å².